The Kier molecular flexibility index (Phi) is 5.70. The third-order valence-corrected chi connectivity index (χ3v) is 3.58. The number of benzene rings is 1. The van der Waals surface area contributed by atoms with Crippen molar-refractivity contribution in [3.63, 3.8) is 0 Å². The summed E-state index contributed by atoms with van der Waals surface area (Å²) in [6.07, 6.45) is 2.55. The molecule has 1 N–H and O–H groups in total. The van der Waals surface area contributed by atoms with Gasteiger partial charge in [-0.2, -0.15) is 0 Å². The first-order chi connectivity index (χ1) is 11.3. The number of hydrogen-bond donors (Lipinski definition) is 1. The summed E-state index contributed by atoms with van der Waals surface area (Å²) < 4.78 is 32.1. The van der Waals surface area contributed by atoms with E-state index in [1.807, 2.05) is 20.8 Å². The van der Waals surface area contributed by atoms with Gasteiger partial charge in [0.1, 0.15) is 17.4 Å². The summed E-state index contributed by atoms with van der Waals surface area (Å²) in [6.45, 7) is 6.32. The fourth-order valence-electron chi connectivity index (χ4n) is 2.15. The average molecular weight is 336 g/mol. The van der Waals surface area contributed by atoms with Crippen molar-refractivity contribution < 1.29 is 18.0 Å². The van der Waals surface area contributed by atoms with E-state index in [4.69, 9.17) is 4.42 Å². The molecule has 0 spiro atoms. The maximum Gasteiger partial charge on any atom is 0.220 e. The number of amides is 1. The molecule has 0 saturated heterocycles. The lowest BCUT2D eigenvalue weighted by Gasteiger charge is -2.13. The molecule has 1 amide bonds. The molecule has 0 bridgehead atoms. The van der Waals surface area contributed by atoms with E-state index in [-0.39, 0.29) is 36.3 Å². The Hall–Kier alpha value is -2.24. The molecule has 0 aliphatic heterocycles. The molecule has 130 valence electrons. The van der Waals surface area contributed by atoms with Crippen LogP contribution in [0, 0.1) is 11.6 Å². The molecule has 1 aromatic heterocycles. The highest BCUT2D eigenvalue weighted by Crippen LogP contribution is 2.22. The van der Waals surface area contributed by atoms with Gasteiger partial charge in [-0.25, -0.2) is 13.8 Å². The SMILES string of the molecule is CC(C)(C)c1cnc(CCC(=O)NCCc2cc(F)ccc2F)o1. The largest absolute Gasteiger partial charge is 0.445 e. The second-order valence-corrected chi connectivity index (χ2v) is 6.70. The molecule has 0 atom stereocenters. The molecule has 1 heterocycles. The summed E-state index contributed by atoms with van der Waals surface area (Å²) in [6, 6.07) is 3.30. The topological polar surface area (TPSA) is 55.1 Å². The fraction of sp³-hybridized carbons (Fsp3) is 0.444. The number of oxazole rings is 1. The van der Waals surface area contributed by atoms with Crippen LogP contribution in [-0.4, -0.2) is 17.4 Å². The minimum atomic E-state index is -0.490. The highest BCUT2D eigenvalue weighted by Gasteiger charge is 2.19. The van der Waals surface area contributed by atoms with Crippen molar-refractivity contribution in [3.05, 3.63) is 53.2 Å². The lowest BCUT2D eigenvalue weighted by Crippen LogP contribution is -2.26. The first-order valence-corrected chi connectivity index (χ1v) is 7.91. The third-order valence-electron chi connectivity index (χ3n) is 3.58. The molecule has 0 aliphatic rings. The van der Waals surface area contributed by atoms with E-state index >= 15 is 0 Å². The molecule has 0 aliphatic carbocycles. The molecular formula is C18H22F2N2O2. The zero-order valence-corrected chi connectivity index (χ0v) is 14.2. The second-order valence-electron chi connectivity index (χ2n) is 6.70. The third kappa shape index (κ3) is 5.15. The van der Waals surface area contributed by atoms with Gasteiger partial charge in [-0.05, 0) is 30.2 Å². The number of hydrogen-bond acceptors (Lipinski definition) is 3. The number of aryl methyl sites for hydroxylation is 1. The Morgan fingerprint density at radius 3 is 2.67 bits per heavy atom. The minimum Gasteiger partial charge on any atom is -0.445 e. The highest BCUT2D eigenvalue weighted by atomic mass is 19.1. The zero-order valence-electron chi connectivity index (χ0n) is 14.2. The van der Waals surface area contributed by atoms with Crippen molar-refractivity contribution in [2.75, 3.05) is 6.54 Å². The van der Waals surface area contributed by atoms with Crippen LogP contribution >= 0.6 is 0 Å². The van der Waals surface area contributed by atoms with Crippen LogP contribution in [0.2, 0.25) is 0 Å². The first-order valence-electron chi connectivity index (χ1n) is 7.91. The Morgan fingerprint density at radius 1 is 1.25 bits per heavy atom. The lowest BCUT2D eigenvalue weighted by molar-refractivity contribution is -0.121. The zero-order chi connectivity index (χ0) is 17.7. The van der Waals surface area contributed by atoms with Gasteiger partial charge in [0.15, 0.2) is 5.89 Å². The van der Waals surface area contributed by atoms with Crippen molar-refractivity contribution in [1.29, 1.82) is 0 Å². The second kappa shape index (κ2) is 7.55. The molecular weight excluding hydrogens is 314 g/mol. The van der Waals surface area contributed by atoms with E-state index < -0.39 is 11.6 Å². The summed E-state index contributed by atoms with van der Waals surface area (Å²) in [5.74, 6) is 0.157. The maximum atomic E-state index is 13.5. The van der Waals surface area contributed by atoms with Gasteiger partial charge < -0.3 is 9.73 Å². The van der Waals surface area contributed by atoms with Crippen LogP contribution in [0.3, 0.4) is 0 Å². The molecule has 0 radical (unpaired) electrons. The van der Waals surface area contributed by atoms with Gasteiger partial charge in [-0.1, -0.05) is 20.8 Å². The fourth-order valence-corrected chi connectivity index (χ4v) is 2.15. The van der Waals surface area contributed by atoms with Crippen molar-refractivity contribution >= 4 is 5.91 Å². The van der Waals surface area contributed by atoms with Crippen LogP contribution in [0.1, 0.15) is 44.4 Å². The number of carbonyl (C=O) groups is 1. The van der Waals surface area contributed by atoms with Crippen LogP contribution in [0.25, 0.3) is 0 Å². The molecule has 2 rings (SSSR count). The quantitative estimate of drug-likeness (QED) is 0.878. The van der Waals surface area contributed by atoms with Gasteiger partial charge in [0.25, 0.3) is 0 Å². The molecule has 6 heteroatoms. The molecule has 2 aromatic rings. The number of nitrogens with zero attached hydrogens (tertiary/aromatic N) is 1. The smallest absolute Gasteiger partial charge is 0.220 e. The predicted molar refractivity (Wildman–Crippen MR) is 86.6 cm³/mol. The van der Waals surface area contributed by atoms with E-state index in [0.717, 1.165) is 24.0 Å². The number of rotatable bonds is 6. The van der Waals surface area contributed by atoms with Crippen LogP contribution in [0.4, 0.5) is 8.78 Å². The van der Waals surface area contributed by atoms with Gasteiger partial charge in [0, 0.05) is 24.8 Å². The van der Waals surface area contributed by atoms with Crippen LogP contribution < -0.4 is 5.32 Å². The Morgan fingerprint density at radius 2 is 2.00 bits per heavy atom. The normalized spacial score (nSPS) is 11.5. The Balaban J connectivity index is 1.75. The number of nitrogens with one attached hydrogen (secondary N) is 1. The van der Waals surface area contributed by atoms with E-state index in [1.165, 1.54) is 0 Å². The summed E-state index contributed by atoms with van der Waals surface area (Å²) in [4.78, 5) is 16.0. The maximum absolute atomic E-state index is 13.5. The monoisotopic (exact) mass is 336 g/mol. The Labute approximate surface area is 140 Å². The Bertz CT molecular complexity index is 705. The molecule has 1 aromatic carbocycles. The average Bonchev–Trinajstić information content (AvgIpc) is 2.98. The van der Waals surface area contributed by atoms with Gasteiger partial charge in [0.05, 0.1) is 6.20 Å². The number of carbonyl (C=O) groups excluding carboxylic acids is 1. The number of aromatic nitrogens is 1. The molecule has 4 nitrogen and oxygen atoms in total. The summed E-state index contributed by atoms with van der Waals surface area (Å²) in [5, 5.41) is 2.69. The van der Waals surface area contributed by atoms with Crippen molar-refractivity contribution in [2.24, 2.45) is 0 Å². The summed E-state index contributed by atoms with van der Waals surface area (Å²) >= 11 is 0. The van der Waals surface area contributed by atoms with Crippen molar-refractivity contribution in [3.8, 4) is 0 Å². The molecule has 24 heavy (non-hydrogen) atoms. The highest BCUT2D eigenvalue weighted by molar-refractivity contribution is 5.76. The van der Waals surface area contributed by atoms with Crippen LogP contribution in [-0.2, 0) is 23.1 Å². The van der Waals surface area contributed by atoms with E-state index in [9.17, 15) is 13.6 Å². The van der Waals surface area contributed by atoms with Crippen LogP contribution in [0.5, 0.6) is 0 Å². The lowest BCUT2D eigenvalue weighted by atomic mass is 9.94. The molecule has 0 unspecified atom stereocenters. The molecule has 0 fully saturated rings. The van der Waals surface area contributed by atoms with E-state index in [2.05, 4.69) is 10.3 Å². The van der Waals surface area contributed by atoms with E-state index in [1.54, 1.807) is 6.20 Å². The van der Waals surface area contributed by atoms with Crippen molar-refractivity contribution in [1.82, 2.24) is 10.3 Å². The van der Waals surface area contributed by atoms with Gasteiger partial charge in [-0.15, -0.1) is 0 Å². The minimum absolute atomic E-state index is 0.122. The van der Waals surface area contributed by atoms with Crippen molar-refractivity contribution in [2.45, 2.75) is 45.4 Å². The first kappa shape index (κ1) is 18.1. The van der Waals surface area contributed by atoms with Gasteiger partial charge >= 0.3 is 0 Å². The standard InChI is InChI=1S/C18H22F2N2O2/c1-18(2,3)15-11-22-17(24-15)7-6-16(23)21-9-8-12-10-13(19)4-5-14(12)20/h4-5,10-11H,6-9H2,1-3H3,(H,21,23). The summed E-state index contributed by atoms with van der Waals surface area (Å²) in [7, 11) is 0. The predicted octanol–water partition coefficient (Wildman–Crippen LogP) is 3.54. The molecule has 0 saturated carbocycles. The summed E-state index contributed by atoms with van der Waals surface area (Å²) in [5.41, 5.74) is 0.126. The van der Waals surface area contributed by atoms with Gasteiger partial charge in [-0.3, -0.25) is 4.79 Å². The van der Waals surface area contributed by atoms with Gasteiger partial charge in [0.2, 0.25) is 5.91 Å². The number of halogens is 2. The van der Waals surface area contributed by atoms with Crippen LogP contribution in [0.15, 0.2) is 28.8 Å². The van der Waals surface area contributed by atoms with E-state index in [0.29, 0.717) is 12.3 Å².